The quantitative estimate of drug-likeness (QED) is 0.451. The first-order valence-corrected chi connectivity index (χ1v) is 8.10. The molecule has 4 rings (SSSR count). The van der Waals surface area contributed by atoms with Crippen molar-refractivity contribution in [1.82, 2.24) is 4.98 Å². The lowest BCUT2D eigenvalue weighted by Crippen LogP contribution is -2.37. The minimum Gasteiger partial charge on any atom is -0.454 e. The smallest absolute Gasteiger partial charge is 0.274 e. The van der Waals surface area contributed by atoms with Crippen molar-refractivity contribution in [2.45, 2.75) is 0 Å². The summed E-state index contributed by atoms with van der Waals surface area (Å²) in [6.45, 7) is 0.159. The summed E-state index contributed by atoms with van der Waals surface area (Å²) in [7, 11) is 0. The minimum atomic E-state index is -0.359. The van der Waals surface area contributed by atoms with E-state index >= 15 is 0 Å². The highest BCUT2D eigenvalue weighted by Gasteiger charge is 2.21. The number of benzene rings is 2. The van der Waals surface area contributed by atoms with Crippen LogP contribution in [0.2, 0.25) is 0 Å². The molecule has 0 unspecified atom stereocenters. The summed E-state index contributed by atoms with van der Waals surface area (Å²) in [5.74, 6) is 6.77. The van der Waals surface area contributed by atoms with E-state index in [-0.39, 0.29) is 12.7 Å². The second-order valence-corrected chi connectivity index (χ2v) is 5.96. The maximum atomic E-state index is 12.6. The molecule has 0 spiro atoms. The molecule has 0 saturated heterocycles. The number of hydrogen-bond acceptors (Lipinski definition) is 6. The van der Waals surface area contributed by atoms with Crippen LogP contribution < -0.4 is 20.3 Å². The van der Waals surface area contributed by atoms with Gasteiger partial charge in [-0.3, -0.25) is 4.79 Å². The zero-order chi connectivity index (χ0) is 16.5. The number of carbonyl (C=O) groups is 1. The van der Waals surface area contributed by atoms with E-state index in [1.165, 1.54) is 11.3 Å². The van der Waals surface area contributed by atoms with Gasteiger partial charge in [0, 0.05) is 16.5 Å². The first-order valence-electron chi connectivity index (χ1n) is 7.22. The number of nitrogens with zero attached hydrogens (tertiary/aromatic N) is 2. The van der Waals surface area contributed by atoms with E-state index in [0.717, 1.165) is 16.3 Å². The van der Waals surface area contributed by atoms with Crippen LogP contribution in [0.4, 0.5) is 5.13 Å². The molecule has 0 atom stereocenters. The summed E-state index contributed by atoms with van der Waals surface area (Å²) < 4.78 is 10.5. The van der Waals surface area contributed by atoms with Gasteiger partial charge in [-0.2, -0.15) is 0 Å². The van der Waals surface area contributed by atoms with Crippen LogP contribution in [-0.2, 0) is 0 Å². The van der Waals surface area contributed by atoms with Gasteiger partial charge in [0.2, 0.25) is 11.9 Å². The molecule has 1 aromatic heterocycles. The molecular weight excluding hydrogens is 326 g/mol. The molecule has 0 bridgehead atoms. The van der Waals surface area contributed by atoms with E-state index in [0.29, 0.717) is 22.2 Å². The Bertz CT molecular complexity index is 895. The van der Waals surface area contributed by atoms with Crippen molar-refractivity contribution in [1.29, 1.82) is 0 Å². The van der Waals surface area contributed by atoms with Crippen LogP contribution in [0.25, 0.3) is 11.3 Å². The van der Waals surface area contributed by atoms with Crippen molar-refractivity contribution in [3.8, 4) is 22.8 Å². The lowest BCUT2D eigenvalue weighted by atomic mass is 10.2. The van der Waals surface area contributed by atoms with Crippen molar-refractivity contribution in [2.75, 3.05) is 11.8 Å². The number of carbonyl (C=O) groups excluding carboxylic acids is 1. The lowest BCUT2D eigenvalue weighted by Gasteiger charge is -2.13. The Morgan fingerprint density at radius 3 is 2.75 bits per heavy atom. The molecular formula is C17H13N3O3S. The Hall–Kier alpha value is -2.90. The molecule has 2 aromatic carbocycles. The minimum absolute atomic E-state index is 0.159. The topological polar surface area (TPSA) is 77.7 Å². The third-order valence-corrected chi connectivity index (χ3v) is 4.45. The average Bonchev–Trinajstić information content (AvgIpc) is 3.30. The fourth-order valence-corrected chi connectivity index (χ4v) is 3.13. The van der Waals surface area contributed by atoms with Gasteiger partial charge in [0.1, 0.15) is 0 Å². The Balaban J connectivity index is 1.58. The summed E-state index contributed by atoms with van der Waals surface area (Å²) in [5.41, 5.74) is 2.17. The van der Waals surface area contributed by atoms with Crippen LogP contribution in [0.15, 0.2) is 53.9 Å². The van der Waals surface area contributed by atoms with Gasteiger partial charge in [-0.15, -0.1) is 11.3 Å². The number of thiazole rings is 1. The predicted molar refractivity (Wildman–Crippen MR) is 91.1 cm³/mol. The van der Waals surface area contributed by atoms with Gasteiger partial charge in [0.05, 0.1) is 5.69 Å². The standard InChI is InChI=1S/C17H13N3O3S/c18-20(16(21)12-6-7-14-15(8-12)23-10-22-14)17-19-13(9-24-17)11-4-2-1-3-5-11/h1-9H,10,18H2. The molecule has 0 saturated carbocycles. The van der Waals surface area contributed by atoms with Gasteiger partial charge in [0.25, 0.3) is 5.91 Å². The summed E-state index contributed by atoms with van der Waals surface area (Å²) in [5, 5.41) is 3.35. The van der Waals surface area contributed by atoms with E-state index in [4.69, 9.17) is 15.3 Å². The zero-order valence-corrected chi connectivity index (χ0v) is 13.3. The Morgan fingerprint density at radius 2 is 1.92 bits per heavy atom. The van der Waals surface area contributed by atoms with Crippen molar-refractivity contribution < 1.29 is 14.3 Å². The number of nitrogens with two attached hydrogens (primary N) is 1. The average molecular weight is 339 g/mol. The van der Waals surface area contributed by atoms with E-state index in [1.54, 1.807) is 18.2 Å². The summed E-state index contributed by atoms with van der Waals surface area (Å²) >= 11 is 1.31. The van der Waals surface area contributed by atoms with Crippen LogP contribution in [0, 0.1) is 0 Å². The molecule has 7 heteroatoms. The fraction of sp³-hybridized carbons (Fsp3) is 0.0588. The van der Waals surface area contributed by atoms with Crippen LogP contribution in [0.3, 0.4) is 0 Å². The molecule has 0 radical (unpaired) electrons. The van der Waals surface area contributed by atoms with Crippen molar-refractivity contribution in [3.63, 3.8) is 0 Å². The molecule has 6 nitrogen and oxygen atoms in total. The molecule has 2 N–H and O–H groups in total. The van der Waals surface area contributed by atoms with Crippen molar-refractivity contribution in [3.05, 3.63) is 59.5 Å². The highest BCUT2D eigenvalue weighted by molar-refractivity contribution is 7.14. The fourth-order valence-electron chi connectivity index (χ4n) is 2.37. The molecule has 0 fully saturated rings. The predicted octanol–water partition coefficient (Wildman–Crippen LogP) is 3.06. The third-order valence-electron chi connectivity index (χ3n) is 3.61. The Kier molecular flexibility index (Phi) is 3.64. The van der Waals surface area contributed by atoms with Crippen LogP contribution >= 0.6 is 11.3 Å². The molecule has 2 heterocycles. The molecule has 3 aromatic rings. The van der Waals surface area contributed by atoms with E-state index in [9.17, 15) is 4.79 Å². The number of rotatable bonds is 3. The highest BCUT2D eigenvalue weighted by atomic mass is 32.1. The van der Waals surface area contributed by atoms with Crippen molar-refractivity contribution in [2.24, 2.45) is 5.84 Å². The van der Waals surface area contributed by atoms with E-state index in [1.807, 2.05) is 35.7 Å². The number of fused-ring (bicyclic) bond motifs is 1. The van der Waals surface area contributed by atoms with Gasteiger partial charge in [-0.25, -0.2) is 15.8 Å². The van der Waals surface area contributed by atoms with E-state index < -0.39 is 0 Å². The second kappa shape index (κ2) is 5.95. The Morgan fingerprint density at radius 1 is 1.12 bits per heavy atom. The third kappa shape index (κ3) is 2.60. The lowest BCUT2D eigenvalue weighted by molar-refractivity contribution is 0.0986. The maximum absolute atomic E-state index is 12.6. The van der Waals surface area contributed by atoms with Gasteiger partial charge >= 0.3 is 0 Å². The van der Waals surface area contributed by atoms with Crippen LogP contribution in [0.1, 0.15) is 10.4 Å². The Labute approximate surface area is 142 Å². The van der Waals surface area contributed by atoms with Gasteiger partial charge in [-0.05, 0) is 18.2 Å². The van der Waals surface area contributed by atoms with Crippen LogP contribution in [-0.4, -0.2) is 17.7 Å². The normalized spacial score (nSPS) is 12.2. The number of anilines is 1. The number of ether oxygens (including phenoxy) is 2. The molecule has 1 aliphatic heterocycles. The summed E-state index contributed by atoms with van der Waals surface area (Å²) in [4.78, 5) is 17.0. The summed E-state index contributed by atoms with van der Waals surface area (Å²) in [6, 6.07) is 14.7. The first-order chi connectivity index (χ1) is 11.7. The molecule has 1 amide bonds. The summed E-state index contributed by atoms with van der Waals surface area (Å²) in [6.07, 6.45) is 0. The van der Waals surface area contributed by atoms with E-state index in [2.05, 4.69) is 4.98 Å². The van der Waals surface area contributed by atoms with Gasteiger partial charge in [-0.1, -0.05) is 30.3 Å². The largest absolute Gasteiger partial charge is 0.454 e. The number of amides is 1. The molecule has 120 valence electrons. The number of hydrazine groups is 1. The SMILES string of the molecule is NN(C(=O)c1ccc2c(c1)OCO2)c1nc(-c2ccccc2)cs1. The van der Waals surface area contributed by atoms with Crippen LogP contribution in [0.5, 0.6) is 11.5 Å². The monoisotopic (exact) mass is 339 g/mol. The first kappa shape index (κ1) is 14.7. The maximum Gasteiger partial charge on any atom is 0.274 e. The van der Waals surface area contributed by atoms with Gasteiger partial charge in [0.15, 0.2) is 11.5 Å². The molecule has 0 aliphatic carbocycles. The highest BCUT2D eigenvalue weighted by Crippen LogP contribution is 2.33. The van der Waals surface area contributed by atoms with Crippen molar-refractivity contribution >= 4 is 22.4 Å². The molecule has 24 heavy (non-hydrogen) atoms. The molecule has 1 aliphatic rings. The zero-order valence-electron chi connectivity index (χ0n) is 12.5. The number of hydrogen-bond donors (Lipinski definition) is 1. The number of aromatic nitrogens is 1. The van der Waals surface area contributed by atoms with Gasteiger partial charge < -0.3 is 9.47 Å². The second-order valence-electron chi connectivity index (χ2n) is 5.12.